The van der Waals surface area contributed by atoms with Crippen LogP contribution in [0.2, 0.25) is 5.02 Å². The summed E-state index contributed by atoms with van der Waals surface area (Å²) >= 11 is 7.30. The molecule has 0 bridgehead atoms. The van der Waals surface area contributed by atoms with Gasteiger partial charge >= 0.3 is 5.97 Å². The number of aryl methyl sites for hydroxylation is 2. The molecule has 1 N–H and O–H groups in total. The van der Waals surface area contributed by atoms with Crippen molar-refractivity contribution in [3.63, 3.8) is 0 Å². The Bertz CT molecular complexity index is 974. The zero-order valence-electron chi connectivity index (χ0n) is 13.0. The van der Waals surface area contributed by atoms with Crippen molar-refractivity contribution < 1.29 is 9.90 Å². The van der Waals surface area contributed by atoms with Gasteiger partial charge in [-0.15, -0.1) is 0 Å². The van der Waals surface area contributed by atoms with Crippen molar-refractivity contribution in [2.45, 2.75) is 6.92 Å². The molecule has 0 aliphatic rings. The molecule has 3 rings (SSSR count). The van der Waals surface area contributed by atoms with Crippen LogP contribution in [0.5, 0.6) is 0 Å². The highest BCUT2D eigenvalue weighted by atomic mass is 35.5. The van der Waals surface area contributed by atoms with E-state index in [-0.39, 0.29) is 5.56 Å². The van der Waals surface area contributed by atoms with Gasteiger partial charge in [0.2, 0.25) is 4.80 Å². The van der Waals surface area contributed by atoms with Crippen molar-refractivity contribution in [1.82, 2.24) is 9.78 Å². The Morgan fingerprint density at radius 3 is 2.62 bits per heavy atom. The summed E-state index contributed by atoms with van der Waals surface area (Å²) in [6.45, 7) is 1.76. The molecule has 1 aromatic heterocycles. The zero-order valence-corrected chi connectivity index (χ0v) is 14.6. The third kappa shape index (κ3) is 3.25. The third-order valence-electron chi connectivity index (χ3n) is 3.48. The molecule has 0 spiro atoms. The Balaban J connectivity index is 2.11. The van der Waals surface area contributed by atoms with Crippen molar-refractivity contribution in [3.05, 3.63) is 63.4 Å². The van der Waals surface area contributed by atoms with E-state index in [2.05, 4.69) is 10.1 Å². The summed E-state index contributed by atoms with van der Waals surface area (Å²) in [5.41, 5.74) is 2.24. The van der Waals surface area contributed by atoms with Gasteiger partial charge in [-0.3, -0.25) is 0 Å². The van der Waals surface area contributed by atoms with Crippen LogP contribution in [-0.4, -0.2) is 20.9 Å². The highest BCUT2D eigenvalue weighted by Gasteiger charge is 2.13. The first-order valence-electron chi connectivity index (χ1n) is 7.13. The molecule has 7 heteroatoms. The van der Waals surface area contributed by atoms with Crippen molar-refractivity contribution in [3.8, 4) is 10.6 Å². The Labute approximate surface area is 147 Å². The highest BCUT2D eigenvalue weighted by molar-refractivity contribution is 7.12. The van der Waals surface area contributed by atoms with Gasteiger partial charge in [-0.2, -0.15) is 5.10 Å². The fourth-order valence-electron chi connectivity index (χ4n) is 2.28. The van der Waals surface area contributed by atoms with E-state index in [1.807, 2.05) is 12.1 Å². The van der Waals surface area contributed by atoms with E-state index in [1.54, 1.807) is 49.0 Å². The van der Waals surface area contributed by atoms with Crippen molar-refractivity contribution >= 4 is 34.6 Å². The van der Waals surface area contributed by atoms with Crippen LogP contribution in [0.4, 0.5) is 5.69 Å². The molecule has 0 aliphatic carbocycles. The van der Waals surface area contributed by atoms with E-state index in [0.29, 0.717) is 21.1 Å². The summed E-state index contributed by atoms with van der Waals surface area (Å²) in [6.07, 6.45) is 0. The lowest BCUT2D eigenvalue weighted by atomic mass is 10.1. The summed E-state index contributed by atoms with van der Waals surface area (Å²) < 4.78 is 1.64. The van der Waals surface area contributed by atoms with E-state index in [4.69, 9.17) is 11.6 Å². The van der Waals surface area contributed by atoms with Gasteiger partial charge in [0.1, 0.15) is 5.01 Å². The van der Waals surface area contributed by atoms with Crippen LogP contribution in [0.3, 0.4) is 0 Å². The fraction of sp³-hybridized carbons (Fsp3) is 0.118. The van der Waals surface area contributed by atoms with Crippen molar-refractivity contribution in [1.29, 1.82) is 0 Å². The first-order valence-corrected chi connectivity index (χ1v) is 8.33. The Morgan fingerprint density at radius 2 is 1.96 bits per heavy atom. The van der Waals surface area contributed by atoms with Gasteiger partial charge in [-0.05, 0) is 30.7 Å². The normalized spacial score (nSPS) is 11.7. The molecule has 0 fully saturated rings. The molecule has 1 heterocycles. The second-order valence-electron chi connectivity index (χ2n) is 5.21. The molecule has 0 atom stereocenters. The molecular formula is C17H14ClN3O2S. The van der Waals surface area contributed by atoms with Gasteiger partial charge in [0, 0.05) is 17.6 Å². The average molecular weight is 360 g/mol. The van der Waals surface area contributed by atoms with E-state index in [1.165, 1.54) is 11.3 Å². The van der Waals surface area contributed by atoms with E-state index >= 15 is 0 Å². The molecule has 24 heavy (non-hydrogen) atoms. The minimum Gasteiger partial charge on any atom is -0.478 e. The number of hydrogen-bond acceptors (Lipinski definition) is 4. The SMILES string of the molecule is Cc1cccc(N=c2sc(-c3ccc(Cl)cc3)nn2C)c1C(=O)O. The molecule has 0 radical (unpaired) electrons. The average Bonchev–Trinajstić information content (AvgIpc) is 2.88. The molecule has 3 aromatic rings. The van der Waals surface area contributed by atoms with Gasteiger partial charge < -0.3 is 5.11 Å². The maximum absolute atomic E-state index is 11.5. The molecule has 0 unspecified atom stereocenters. The number of carbonyl (C=O) groups is 1. The second kappa shape index (κ2) is 6.59. The smallest absolute Gasteiger partial charge is 0.338 e. The van der Waals surface area contributed by atoms with Crippen LogP contribution in [-0.2, 0) is 7.05 Å². The van der Waals surface area contributed by atoms with Crippen LogP contribution in [0, 0.1) is 6.92 Å². The van der Waals surface area contributed by atoms with Gasteiger partial charge in [0.05, 0.1) is 11.3 Å². The molecular weight excluding hydrogens is 346 g/mol. The Morgan fingerprint density at radius 1 is 1.25 bits per heavy atom. The number of carboxylic acids is 1. The molecule has 0 aliphatic heterocycles. The number of halogens is 1. The van der Waals surface area contributed by atoms with Crippen LogP contribution >= 0.6 is 22.9 Å². The number of carboxylic acid groups (broad SMARTS) is 1. The van der Waals surface area contributed by atoms with Gasteiger partial charge in [0.15, 0.2) is 0 Å². The van der Waals surface area contributed by atoms with Crippen LogP contribution < -0.4 is 4.80 Å². The molecule has 0 saturated heterocycles. The van der Waals surface area contributed by atoms with Gasteiger partial charge in [0.25, 0.3) is 0 Å². The van der Waals surface area contributed by atoms with Gasteiger partial charge in [-0.1, -0.05) is 47.2 Å². The molecule has 5 nitrogen and oxygen atoms in total. The number of aromatic carboxylic acids is 1. The number of aromatic nitrogens is 2. The minimum absolute atomic E-state index is 0.207. The van der Waals surface area contributed by atoms with Crippen LogP contribution in [0.25, 0.3) is 10.6 Å². The van der Waals surface area contributed by atoms with E-state index < -0.39 is 5.97 Å². The standard InChI is InChI=1S/C17H14ClN3O2S/c1-10-4-3-5-13(14(10)16(22)23)19-17-21(2)20-15(24-17)11-6-8-12(18)9-7-11/h3-9H,1-2H3,(H,22,23). The third-order valence-corrected chi connectivity index (χ3v) is 4.78. The van der Waals surface area contributed by atoms with E-state index in [0.717, 1.165) is 10.6 Å². The summed E-state index contributed by atoms with van der Waals surface area (Å²) in [5.74, 6) is -0.989. The predicted molar refractivity (Wildman–Crippen MR) is 94.9 cm³/mol. The topological polar surface area (TPSA) is 67.5 Å². The van der Waals surface area contributed by atoms with Crippen LogP contribution in [0.1, 0.15) is 15.9 Å². The lowest BCUT2D eigenvalue weighted by molar-refractivity contribution is 0.0697. The first kappa shape index (κ1) is 16.4. The molecule has 122 valence electrons. The summed E-state index contributed by atoms with van der Waals surface area (Å²) in [4.78, 5) is 16.6. The maximum Gasteiger partial charge on any atom is 0.338 e. The summed E-state index contributed by atoms with van der Waals surface area (Å²) in [7, 11) is 1.78. The summed E-state index contributed by atoms with van der Waals surface area (Å²) in [5, 5.41) is 15.3. The first-order chi connectivity index (χ1) is 11.5. The maximum atomic E-state index is 11.5. The largest absolute Gasteiger partial charge is 0.478 e. The van der Waals surface area contributed by atoms with Crippen LogP contribution in [0.15, 0.2) is 47.5 Å². The predicted octanol–water partition coefficient (Wildman–Crippen LogP) is 4.04. The lowest BCUT2D eigenvalue weighted by Gasteiger charge is -2.03. The number of benzene rings is 2. The van der Waals surface area contributed by atoms with Crippen molar-refractivity contribution in [2.24, 2.45) is 12.0 Å². The molecule has 0 amide bonds. The zero-order chi connectivity index (χ0) is 17.3. The van der Waals surface area contributed by atoms with Gasteiger partial charge in [-0.25, -0.2) is 14.5 Å². The molecule has 2 aromatic carbocycles. The van der Waals surface area contributed by atoms with Crippen molar-refractivity contribution in [2.75, 3.05) is 0 Å². The number of hydrogen-bond donors (Lipinski definition) is 1. The second-order valence-corrected chi connectivity index (χ2v) is 6.60. The lowest BCUT2D eigenvalue weighted by Crippen LogP contribution is -2.11. The fourth-order valence-corrected chi connectivity index (χ4v) is 3.32. The number of nitrogens with zero attached hydrogens (tertiary/aromatic N) is 3. The Kier molecular flexibility index (Phi) is 4.51. The quantitative estimate of drug-likeness (QED) is 0.767. The number of rotatable bonds is 3. The minimum atomic E-state index is -0.989. The molecule has 0 saturated carbocycles. The monoisotopic (exact) mass is 359 g/mol. The van der Waals surface area contributed by atoms with E-state index in [9.17, 15) is 9.90 Å². The Hall–Kier alpha value is -2.44. The highest BCUT2D eigenvalue weighted by Crippen LogP contribution is 2.24. The summed E-state index contributed by atoms with van der Waals surface area (Å²) in [6, 6.07) is 12.6.